The SMILES string of the molecule is Cc1cc(NC(=O)C(C)Oc2ccccc2C#N)n[nH]1. The highest BCUT2D eigenvalue weighted by Crippen LogP contribution is 2.18. The molecule has 0 saturated heterocycles. The molecule has 1 unspecified atom stereocenters. The average molecular weight is 270 g/mol. The highest BCUT2D eigenvalue weighted by Gasteiger charge is 2.17. The summed E-state index contributed by atoms with van der Waals surface area (Å²) >= 11 is 0. The van der Waals surface area contributed by atoms with Crippen LogP contribution in [-0.4, -0.2) is 22.2 Å². The molecule has 2 rings (SSSR count). The van der Waals surface area contributed by atoms with Gasteiger partial charge in [0.2, 0.25) is 0 Å². The largest absolute Gasteiger partial charge is 0.480 e. The van der Waals surface area contributed by atoms with E-state index in [1.165, 1.54) is 0 Å². The standard InChI is InChI=1S/C14H14N4O2/c1-9-7-13(18-17-9)16-14(19)10(2)20-12-6-4-3-5-11(12)8-15/h3-7,10H,1-2H3,(H2,16,17,18,19). The molecule has 102 valence electrons. The summed E-state index contributed by atoms with van der Waals surface area (Å²) in [5.74, 6) is 0.497. The molecule has 0 fully saturated rings. The number of carbonyl (C=O) groups excluding carboxylic acids is 1. The number of para-hydroxylation sites is 1. The van der Waals surface area contributed by atoms with E-state index in [2.05, 4.69) is 15.5 Å². The molecule has 0 aliphatic rings. The number of aromatic amines is 1. The van der Waals surface area contributed by atoms with Crippen LogP contribution in [0.5, 0.6) is 5.75 Å². The average Bonchev–Trinajstić information content (AvgIpc) is 2.84. The number of anilines is 1. The van der Waals surface area contributed by atoms with Crippen LogP contribution in [0.3, 0.4) is 0 Å². The van der Waals surface area contributed by atoms with E-state index in [1.54, 1.807) is 37.3 Å². The number of hydrogen-bond acceptors (Lipinski definition) is 4. The molecule has 0 aliphatic heterocycles. The molecule has 0 spiro atoms. The summed E-state index contributed by atoms with van der Waals surface area (Å²) in [4.78, 5) is 12.0. The van der Waals surface area contributed by atoms with Crippen LogP contribution in [0.15, 0.2) is 30.3 Å². The van der Waals surface area contributed by atoms with Crippen LogP contribution < -0.4 is 10.1 Å². The van der Waals surface area contributed by atoms with Crippen LogP contribution in [0, 0.1) is 18.3 Å². The van der Waals surface area contributed by atoms with Crippen molar-refractivity contribution in [2.45, 2.75) is 20.0 Å². The zero-order chi connectivity index (χ0) is 14.5. The zero-order valence-corrected chi connectivity index (χ0v) is 11.2. The summed E-state index contributed by atoms with van der Waals surface area (Å²) < 4.78 is 5.50. The van der Waals surface area contributed by atoms with Gasteiger partial charge >= 0.3 is 0 Å². The normalized spacial score (nSPS) is 11.4. The Hall–Kier alpha value is -2.81. The number of amides is 1. The minimum absolute atomic E-state index is 0.329. The van der Waals surface area contributed by atoms with Gasteiger partial charge in [0.1, 0.15) is 11.8 Å². The molecule has 1 aromatic heterocycles. The topological polar surface area (TPSA) is 90.8 Å². The van der Waals surface area contributed by atoms with Crippen molar-refractivity contribution >= 4 is 11.7 Å². The number of benzene rings is 1. The molecule has 1 atom stereocenters. The maximum atomic E-state index is 12.0. The first-order valence-electron chi connectivity index (χ1n) is 6.09. The Morgan fingerprint density at radius 1 is 1.50 bits per heavy atom. The Morgan fingerprint density at radius 2 is 2.25 bits per heavy atom. The van der Waals surface area contributed by atoms with Crippen LogP contribution >= 0.6 is 0 Å². The predicted molar refractivity (Wildman–Crippen MR) is 73.2 cm³/mol. The third-order valence-corrected chi connectivity index (χ3v) is 2.64. The maximum absolute atomic E-state index is 12.0. The van der Waals surface area contributed by atoms with E-state index in [9.17, 15) is 4.79 Å². The van der Waals surface area contributed by atoms with Gasteiger partial charge in [-0.2, -0.15) is 10.4 Å². The first kappa shape index (κ1) is 13.6. The van der Waals surface area contributed by atoms with Gasteiger partial charge in [0.05, 0.1) is 5.56 Å². The number of aryl methyl sites for hydroxylation is 1. The molecule has 2 N–H and O–H groups in total. The molecule has 0 aliphatic carbocycles. The number of ether oxygens (including phenoxy) is 1. The van der Waals surface area contributed by atoms with E-state index in [4.69, 9.17) is 10.00 Å². The van der Waals surface area contributed by atoms with Gasteiger partial charge in [-0.25, -0.2) is 0 Å². The fourth-order valence-corrected chi connectivity index (χ4v) is 1.62. The van der Waals surface area contributed by atoms with Gasteiger partial charge in [-0.3, -0.25) is 9.89 Å². The van der Waals surface area contributed by atoms with Crippen molar-refractivity contribution in [1.82, 2.24) is 10.2 Å². The second kappa shape index (κ2) is 5.89. The van der Waals surface area contributed by atoms with Crippen molar-refractivity contribution in [3.05, 3.63) is 41.6 Å². The summed E-state index contributed by atoms with van der Waals surface area (Å²) in [6.07, 6.45) is -0.735. The van der Waals surface area contributed by atoms with Crippen molar-refractivity contribution in [2.24, 2.45) is 0 Å². The Labute approximate surface area is 116 Å². The molecule has 20 heavy (non-hydrogen) atoms. The first-order chi connectivity index (χ1) is 9.60. The molecule has 6 nitrogen and oxygen atoms in total. The lowest BCUT2D eigenvalue weighted by atomic mass is 10.2. The first-order valence-corrected chi connectivity index (χ1v) is 6.09. The van der Waals surface area contributed by atoms with E-state index < -0.39 is 6.10 Å². The number of nitrogens with one attached hydrogen (secondary N) is 2. The molecular formula is C14H14N4O2. The van der Waals surface area contributed by atoms with Gasteiger partial charge in [0, 0.05) is 11.8 Å². The molecule has 1 heterocycles. The predicted octanol–water partition coefficient (Wildman–Crippen LogP) is 2.00. The molecule has 1 amide bonds. The number of nitriles is 1. The highest BCUT2D eigenvalue weighted by molar-refractivity contribution is 5.93. The van der Waals surface area contributed by atoms with E-state index in [-0.39, 0.29) is 5.91 Å². The molecular weight excluding hydrogens is 256 g/mol. The van der Waals surface area contributed by atoms with Crippen LogP contribution in [0.4, 0.5) is 5.82 Å². The summed E-state index contributed by atoms with van der Waals surface area (Å²) in [6, 6.07) is 10.5. The smallest absolute Gasteiger partial charge is 0.266 e. The number of H-pyrrole nitrogens is 1. The van der Waals surface area contributed by atoms with E-state index >= 15 is 0 Å². The summed E-state index contributed by atoms with van der Waals surface area (Å²) in [6.45, 7) is 3.45. The van der Waals surface area contributed by atoms with Gasteiger partial charge in [0.15, 0.2) is 11.9 Å². The quantitative estimate of drug-likeness (QED) is 0.888. The van der Waals surface area contributed by atoms with Gasteiger partial charge in [-0.1, -0.05) is 12.1 Å². The number of nitrogens with zero attached hydrogens (tertiary/aromatic N) is 2. The van der Waals surface area contributed by atoms with Gasteiger partial charge < -0.3 is 10.1 Å². The highest BCUT2D eigenvalue weighted by atomic mass is 16.5. The third-order valence-electron chi connectivity index (χ3n) is 2.64. The van der Waals surface area contributed by atoms with Crippen molar-refractivity contribution in [3.63, 3.8) is 0 Å². The minimum Gasteiger partial charge on any atom is -0.480 e. The molecule has 1 aromatic carbocycles. The van der Waals surface area contributed by atoms with Crippen molar-refractivity contribution in [1.29, 1.82) is 5.26 Å². The molecule has 0 bridgehead atoms. The lowest BCUT2D eigenvalue weighted by Gasteiger charge is -2.14. The summed E-state index contributed by atoms with van der Waals surface area (Å²) in [5, 5.41) is 18.2. The Morgan fingerprint density at radius 3 is 2.90 bits per heavy atom. The summed E-state index contributed by atoms with van der Waals surface area (Å²) in [5.41, 5.74) is 1.24. The fraction of sp³-hybridized carbons (Fsp3) is 0.214. The van der Waals surface area contributed by atoms with Crippen molar-refractivity contribution in [3.8, 4) is 11.8 Å². The number of aromatic nitrogens is 2. The molecule has 0 radical (unpaired) electrons. The second-order valence-corrected chi connectivity index (χ2v) is 4.29. The second-order valence-electron chi connectivity index (χ2n) is 4.29. The van der Waals surface area contributed by atoms with Crippen LogP contribution in [0.25, 0.3) is 0 Å². The molecule has 2 aromatic rings. The van der Waals surface area contributed by atoms with Crippen LogP contribution in [0.1, 0.15) is 18.2 Å². The molecule has 0 saturated carbocycles. The number of rotatable bonds is 4. The van der Waals surface area contributed by atoms with Crippen LogP contribution in [0.2, 0.25) is 0 Å². The molecule has 6 heteroatoms. The van der Waals surface area contributed by atoms with E-state index in [0.717, 1.165) is 5.69 Å². The Bertz CT molecular complexity index is 657. The lowest BCUT2D eigenvalue weighted by Crippen LogP contribution is -2.30. The van der Waals surface area contributed by atoms with E-state index in [0.29, 0.717) is 17.1 Å². The Balaban J connectivity index is 2.02. The minimum atomic E-state index is -0.735. The number of carbonyl (C=O) groups is 1. The summed E-state index contributed by atoms with van der Waals surface area (Å²) in [7, 11) is 0. The van der Waals surface area contributed by atoms with Crippen molar-refractivity contribution < 1.29 is 9.53 Å². The van der Waals surface area contributed by atoms with Gasteiger partial charge in [0.25, 0.3) is 5.91 Å². The monoisotopic (exact) mass is 270 g/mol. The van der Waals surface area contributed by atoms with E-state index in [1.807, 2.05) is 13.0 Å². The Kier molecular flexibility index (Phi) is 4.01. The van der Waals surface area contributed by atoms with Crippen molar-refractivity contribution in [2.75, 3.05) is 5.32 Å². The third kappa shape index (κ3) is 3.14. The zero-order valence-electron chi connectivity index (χ0n) is 11.2. The van der Waals surface area contributed by atoms with Gasteiger partial charge in [-0.05, 0) is 26.0 Å². The lowest BCUT2D eigenvalue weighted by molar-refractivity contribution is -0.122. The fourth-order valence-electron chi connectivity index (χ4n) is 1.62. The number of hydrogen-bond donors (Lipinski definition) is 2. The maximum Gasteiger partial charge on any atom is 0.266 e. The van der Waals surface area contributed by atoms with Crippen LogP contribution in [-0.2, 0) is 4.79 Å². The van der Waals surface area contributed by atoms with Gasteiger partial charge in [-0.15, -0.1) is 0 Å².